The Hall–Kier alpha value is -1.96. The molecule has 0 fully saturated rings. The van der Waals surface area contributed by atoms with E-state index in [2.05, 4.69) is 0 Å². The maximum absolute atomic E-state index is 11.7. The van der Waals surface area contributed by atoms with Crippen molar-refractivity contribution in [2.24, 2.45) is 0 Å². The van der Waals surface area contributed by atoms with Gasteiger partial charge in [0.25, 0.3) is 0 Å². The Balaban J connectivity index is 2.12. The van der Waals surface area contributed by atoms with Crippen LogP contribution in [0, 0.1) is 13.8 Å². The largest absolute Gasteiger partial charge is 0.481 e. The fourth-order valence-corrected chi connectivity index (χ4v) is 5.44. The SMILES string of the molecule is Cc1ccc2c(CC(=O)O)c(C)c(Sc3ccc(S(C)(=O)=O)c(Cl)c3)n2c1. The molecule has 0 radical (unpaired) electrons. The summed E-state index contributed by atoms with van der Waals surface area (Å²) >= 11 is 7.59. The Morgan fingerprint density at radius 3 is 2.52 bits per heavy atom. The van der Waals surface area contributed by atoms with E-state index in [-0.39, 0.29) is 16.3 Å². The third-order valence-electron chi connectivity index (χ3n) is 4.24. The number of nitrogens with zero attached hydrogens (tertiary/aromatic N) is 1. The Labute approximate surface area is 166 Å². The molecule has 0 unspecified atom stereocenters. The minimum atomic E-state index is -3.39. The minimum Gasteiger partial charge on any atom is -0.481 e. The predicted molar refractivity (Wildman–Crippen MR) is 107 cm³/mol. The molecule has 0 amide bonds. The summed E-state index contributed by atoms with van der Waals surface area (Å²) in [4.78, 5) is 12.2. The van der Waals surface area contributed by atoms with Gasteiger partial charge in [-0.1, -0.05) is 29.4 Å². The highest BCUT2D eigenvalue weighted by Gasteiger charge is 2.19. The molecule has 0 saturated carbocycles. The van der Waals surface area contributed by atoms with Crippen molar-refractivity contribution in [2.75, 3.05) is 6.26 Å². The Kier molecular flexibility index (Phi) is 5.29. The van der Waals surface area contributed by atoms with Crippen molar-refractivity contribution >= 4 is 44.7 Å². The lowest BCUT2D eigenvalue weighted by Crippen LogP contribution is -2.00. The van der Waals surface area contributed by atoms with Crippen molar-refractivity contribution in [3.05, 3.63) is 58.2 Å². The van der Waals surface area contributed by atoms with Gasteiger partial charge in [0, 0.05) is 17.3 Å². The number of aryl methyl sites for hydroxylation is 1. The first-order valence-electron chi connectivity index (χ1n) is 8.07. The van der Waals surface area contributed by atoms with Crippen LogP contribution in [-0.4, -0.2) is 30.2 Å². The number of aromatic nitrogens is 1. The van der Waals surface area contributed by atoms with Crippen molar-refractivity contribution in [3.8, 4) is 0 Å². The van der Waals surface area contributed by atoms with Gasteiger partial charge in [-0.05, 0) is 54.8 Å². The normalized spacial score (nSPS) is 11.9. The van der Waals surface area contributed by atoms with Crippen molar-refractivity contribution in [1.29, 1.82) is 0 Å². The maximum Gasteiger partial charge on any atom is 0.307 e. The number of fused-ring (bicyclic) bond motifs is 1. The molecular weight excluding hydrogens is 406 g/mol. The third-order valence-corrected chi connectivity index (χ3v) is 7.01. The van der Waals surface area contributed by atoms with Gasteiger partial charge in [-0.2, -0.15) is 0 Å². The van der Waals surface area contributed by atoms with Crippen LogP contribution in [0.3, 0.4) is 0 Å². The van der Waals surface area contributed by atoms with Crippen molar-refractivity contribution in [1.82, 2.24) is 4.40 Å². The smallest absolute Gasteiger partial charge is 0.307 e. The van der Waals surface area contributed by atoms with Crippen molar-refractivity contribution < 1.29 is 18.3 Å². The van der Waals surface area contributed by atoms with Crippen molar-refractivity contribution in [3.63, 3.8) is 0 Å². The number of halogens is 1. The van der Waals surface area contributed by atoms with Crippen LogP contribution in [0.15, 0.2) is 51.3 Å². The van der Waals surface area contributed by atoms with Crippen LogP contribution < -0.4 is 0 Å². The standard InChI is InChI=1S/C19H18ClNO4S2/c1-11-4-6-16-14(9-18(22)23)12(2)19(21(16)10-11)26-13-5-7-17(15(20)8-13)27(3,24)25/h4-8,10H,9H2,1-3H3,(H,22,23). The number of hydrogen-bond donors (Lipinski definition) is 1. The number of pyridine rings is 1. The van der Waals surface area contributed by atoms with Crippen LogP contribution in [0.25, 0.3) is 5.52 Å². The van der Waals surface area contributed by atoms with E-state index in [1.807, 2.05) is 36.6 Å². The average molecular weight is 424 g/mol. The first-order chi connectivity index (χ1) is 12.6. The first-order valence-corrected chi connectivity index (χ1v) is 11.2. The molecule has 0 bridgehead atoms. The zero-order valence-corrected chi connectivity index (χ0v) is 17.4. The van der Waals surface area contributed by atoms with E-state index in [4.69, 9.17) is 11.6 Å². The molecule has 0 aliphatic rings. The molecular formula is C19H18ClNO4S2. The van der Waals surface area contributed by atoms with Crippen molar-refractivity contribution in [2.45, 2.75) is 35.1 Å². The molecule has 5 nitrogen and oxygen atoms in total. The molecule has 0 atom stereocenters. The lowest BCUT2D eigenvalue weighted by molar-refractivity contribution is -0.136. The van der Waals surface area contributed by atoms with E-state index < -0.39 is 15.8 Å². The van der Waals surface area contributed by atoms with Gasteiger partial charge < -0.3 is 9.51 Å². The predicted octanol–water partition coefficient (Wildman–Crippen LogP) is 4.39. The first kappa shape index (κ1) is 19.8. The number of hydrogen-bond acceptors (Lipinski definition) is 4. The number of sulfone groups is 1. The molecule has 3 rings (SSSR count). The Morgan fingerprint density at radius 2 is 1.93 bits per heavy atom. The van der Waals surface area contributed by atoms with Crippen LogP contribution in [0.4, 0.5) is 0 Å². The molecule has 8 heteroatoms. The number of rotatable bonds is 5. The van der Waals surface area contributed by atoms with Crippen LogP contribution in [0.2, 0.25) is 5.02 Å². The third kappa shape index (κ3) is 4.00. The van der Waals surface area contributed by atoms with Gasteiger partial charge in [-0.15, -0.1) is 0 Å². The second-order valence-electron chi connectivity index (χ2n) is 6.41. The number of carboxylic acid groups (broad SMARTS) is 1. The van der Waals surface area contributed by atoms with Gasteiger partial charge in [-0.3, -0.25) is 4.79 Å². The highest BCUT2D eigenvalue weighted by molar-refractivity contribution is 7.99. The topological polar surface area (TPSA) is 75.8 Å². The molecule has 0 spiro atoms. The number of carboxylic acids is 1. The summed E-state index contributed by atoms with van der Waals surface area (Å²) in [6.07, 6.45) is 3.02. The molecule has 1 aromatic carbocycles. The van der Waals surface area contributed by atoms with Gasteiger partial charge in [0.05, 0.1) is 26.9 Å². The minimum absolute atomic E-state index is 0.0628. The summed E-state index contributed by atoms with van der Waals surface area (Å²) in [6.45, 7) is 3.87. The summed E-state index contributed by atoms with van der Waals surface area (Å²) in [6, 6.07) is 8.69. The lowest BCUT2D eigenvalue weighted by Gasteiger charge is -2.08. The number of carbonyl (C=O) groups is 1. The molecule has 1 N–H and O–H groups in total. The molecule has 0 saturated heterocycles. The second kappa shape index (κ2) is 7.22. The van der Waals surface area contributed by atoms with Crippen LogP contribution in [0.5, 0.6) is 0 Å². The van der Waals surface area contributed by atoms with Crippen LogP contribution in [-0.2, 0) is 21.1 Å². The fourth-order valence-electron chi connectivity index (χ4n) is 2.98. The fraction of sp³-hybridized carbons (Fsp3) is 0.211. The molecule has 0 aliphatic carbocycles. The quantitative estimate of drug-likeness (QED) is 0.658. The van der Waals surface area contributed by atoms with E-state index in [9.17, 15) is 18.3 Å². The molecule has 2 aromatic heterocycles. The zero-order chi connectivity index (χ0) is 19.9. The van der Waals surface area contributed by atoms with Gasteiger partial charge in [0.1, 0.15) is 0 Å². The van der Waals surface area contributed by atoms with E-state index in [1.165, 1.54) is 17.8 Å². The summed E-state index contributed by atoms with van der Waals surface area (Å²) in [5, 5.41) is 10.3. The van der Waals surface area contributed by atoms with E-state index >= 15 is 0 Å². The van der Waals surface area contributed by atoms with Gasteiger partial charge in [0.2, 0.25) is 0 Å². The summed E-state index contributed by atoms with van der Waals surface area (Å²) in [5.41, 5.74) is 3.55. The van der Waals surface area contributed by atoms with E-state index in [1.54, 1.807) is 12.1 Å². The van der Waals surface area contributed by atoms with E-state index in [0.29, 0.717) is 0 Å². The molecule has 3 aromatic rings. The van der Waals surface area contributed by atoms with Gasteiger partial charge >= 0.3 is 5.97 Å². The van der Waals surface area contributed by atoms with Crippen LogP contribution in [0.1, 0.15) is 16.7 Å². The maximum atomic E-state index is 11.7. The number of benzene rings is 1. The monoisotopic (exact) mass is 423 g/mol. The van der Waals surface area contributed by atoms with Gasteiger partial charge in [0.15, 0.2) is 9.84 Å². The molecule has 0 aliphatic heterocycles. The van der Waals surface area contributed by atoms with Gasteiger partial charge in [-0.25, -0.2) is 8.42 Å². The molecule has 27 heavy (non-hydrogen) atoms. The summed E-state index contributed by atoms with van der Waals surface area (Å²) in [7, 11) is -3.39. The second-order valence-corrected chi connectivity index (χ2v) is 9.86. The van der Waals surface area contributed by atoms with Crippen LogP contribution >= 0.6 is 23.4 Å². The highest BCUT2D eigenvalue weighted by atomic mass is 35.5. The highest BCUT2D eigenvalue weighted by Crippen LogP contribution is 2.37. The van der Waals surface area contributed by atoms with E-state index in [0.717, 1.165) is 38.4 Å². The molecule has 142 valence electrons. The Bertz CT molecular complexity index is 1170. The Morgan fingerprint density at radius 1 is 1.22 bits per heavy atom. The number of aliphatic carboxylic acids is 1. The zero-order valence-electron chi connectivity index (χ0n) is 15.0. The lowest BCUT2D eigenvalue weighted by atomic mass is 10.1. The molecule has 2 heterocycles. The summed E-state index contributed by atoms with van der Waals surface area (Å²) < 4.78 is 25.5. The summed E-state index contributed by atoms with van der Waals surface area (Å²) in [5.74, 6) is -0.886. The average Bonchev–Trinajstić information content (AvgIpc) is 2.78.